The zero-order chi connectivity index (χ0) is 16.4. The summed E-state index contributed by atoms with van der Waals surface area (Å²) in [6.45, 7) is 1.84. The maximum absolute atomic E-state index is 10.1. The fourth-order valence-electron chi connectivity index (χ4n) is 3.94. The second-order valence-corrected chi connectivity index (χ2v) is 7.01. The van der Waals surface area contributed by atoms with E-state index in [1.165, 1.54) is 11.1 Å². The van der Waals surface area contributed by atoms with Crippen molar-refractivity contribution in [1.29, 1.82) is 0 Å². The number of nitrogens with zero attached hydrogens (tertiary/aromatic N) is 1. The summed E-state index contributed by atoms with van der Waals surface area (Å²) in [6.07, 6.45) is 2.99. The fourth-order valence-corrected chi connectivity index (χ4v) is 3.94. The van der Waals surface area contributed by atoms with E-state index in [1.807, 2.05) is 0 Å². The molecule has 2 aromatic rings. The van der Waals surface area contributed by atoms with Gasteiger partial charge in [-0.25, -0.2) is 0 Å². The molecule has 4 rings (SSSR count). The first-order chi connectivity index (χ1) is 11.8. The largest absolute Gasteiger partial charge is 0.390 e. The first kappa shape index (κ1) is 15.8. The lowest BCUT2D eigenvalue weighted by atomic mass is 10.0. The molecule has 1 saturated carbocycles. The van der Waals surface area contributed by atoms with Gasteiger partial charge in [-0.3, -0.25) is 4.90 Å². The average molecular weight is 323 g/mol. The van der Waals surface area contributed by atoms with Crippen LogP contribution in [0.2, 0.25) is 0 Å². The number of aliphatic hydroxyl groups is 1. The topological polar surface area (TPSA) is 36.0 Å². The van der Waals surface area contributed by atoms with Crippen LogP contribution >= 0.6 is 0 Å². The minimum absolute atomic E-state index is 0.0477. The molecule has 2 aromatic carbocycles. The normalized spacial score (nSPS) is 29.1. The number of hydrogen-bond acceptors (Lipinski definition) is 3. The molecule has 1 saturated heterocycles. The number of benzene rings is 2. The van der Waals surface area contributed by atoms with E-state index in [1.54, 1.807) is 0 Å². The molecule has 1 heterocycles. The van der Waals surface area contributed by atoms with Crippen LogP contribution in [0.5, 0.6) is 0 Å². The van der Waals surface area contributed by atoms with Crippen molar-refractivity contribution in [3.05, 3.63) is 71.8 Å². The Labute approximate surface area is 143 Å². The highest BCUT2D eigenvalue weighted by atomic mass is 16.6. The lowest BCUT2D eigenvalue weighted by Crippen LogP contribution is -2.39. The van der Waals surface area contributed by atoms with Crippen molar-refractivity contribution in [3.63, 3.8) is 0 Å². The summed E-state index contributed by atoms with van der Waals surface area (Å²) in [5, 5.41) is 10.1. The maximum atomic E-state index is 10.1. The fraction of sp³-hybridized carbons (Fsp3) is 0.429. The second kappa shape index (κ2) is 7.06. The van der Waals surface area contributed by atoms with E-state index >= 15 is 0 Å². The molecule has 0 unspecified atom stereocenters. The average Bonchev–Trinajstić information content (AvgIpc) is 3.41. The smallest absolute Gasteiger partial charge is 0.112 e. The number of rotatable bonds is 5. The summed E-state index contributed by atoms with van der Waals surface area (Å²) in [6, 6.07) is 21.7. The molecular weight excluding hydrogens is 298 g/mol. The number of hydrogen-bond donors (Lipinski definition) is 1. The van der Waals surface area contributed by atoms with Gasteiger partial charge in [0.25, 0.3) is 0 Å². The summed E-state index contributed by atoms with van der Waals surface area (Å²) in [5.41, 5.74) is 2.66. The second-order valence-electron chi connectivity index (χ2n) is 7.01. The van der Waals surface area contributed by atoms with Gasteiger partial charge >= 0.3 is 0 Å². The van der Waals surface area contributed by atoms with Crippen molar-refractivity contribution in [3.8, 4) is 0 Å². The Morgan fingerprint density at radius 2 is 1.42 bits per heavy atom. The van der Waals surface area contributed by atoms with Gasteiger partial charge in [0.05, 0.1) is 6.10 Å². The van der Waals surface area contributed by atoms with Crippen LogP contribution in [0.4, 0.5) is 0 Å². The van der Waals surface area contributed by atoms with Crippen LogP contribution in [-0.2, 0) is 17.8 Å². The van der Waals surface area contributed by atoms with Crippen molar-refractivity contribution in [2.24, 2.45) is 0 Å². The Kier molecular flexibility index (Phi) is 4.65. The van der Waals surface area contributed by atoms with Crippen LogP contribution in [0.3, 0.4) is 0 Å². The zero-order valence-electron chi connectivity index (χ0n) is 13.9. The van der Waals surface area contributed by atoms with Crippen molar-refractivity contribution in [1.82, 2.24) is 4.90 Å². The molecule has 24 heavy (non-hydrogen) atoms. The molecule has 0 amide bonds. The number of ether oxygens (including phenoxy) is 1. The maximum Gasteiger partial charge on any atom is 0.112 e. The van der Waals surface area contributed by atoms with Gasteiger partial charge in [0.2, 0.25) is 0 Å². The lowest BCUT2D eigenvalue weighted by Gasteiger charge is -2.31. The minimum atomic E-state index is -0.282. The van der Waals surface area contributed by atoms with Gasteiger partial charge in [-0.2, -0.15) is 0 Å². The Hall–Kier alpha value is -1.68. The first-order valence-corrected chi connectivity index (χ1v) is 8.97. The highest BCUT2D eigenvalue weighted by Gasteiger charge is 2.52. The Bertz CT molecular complexity index is 604. The Balaban J connectivity index is 1.55. The highest BCUT2D eigenvalue weighted by molar-refractivity contribution is 5.18. The molecule has 0 spiro atoms. The van der Waals surface area contributed by atoms with Crippen LogP contribution in [0.15, 0.2) is 60.7 Å². The molecule has 4 atom stereocenters. The predicted molar refractivity (Wildman–Crippen MR) is 94.4 cm³/mol. The Morgan fingerprint density at radius 3 is 2.00 bits per heavy atom. The number of aliphatic hydroxyl groups excluding tert-OH is 1. The van der Waals surface area contributed by atoms with Crippen LogP contribution in [0.25, 0.3) is 0 Å². The van der Waals surface area contributed by atoms with Gasteiger partial charge in [0, 0.05) is 19.1 Å². The van der Waals surface area contributed by atoms with Gasteiger partial charge in [-0.05, 0) is 30.4 Å². The molecule has 1 aliphatic heterocycles. The van der Waals surface area contributed by atoms with Gasteiger partial charge in [0.1, 0.15) is 12.2 Å². The third-order valence-electron chi connectivity index (χ3n) is 5.25. The van der Waals surface area contributed by atoms with Crippen molar-refractivity contribution in [2.75, 3.05) is 0 Å². The highest BCUT2D eigenvalue weighted by Crippen LogP contribution is 2.39. The van der Waals surface area contributed by atoms with E-state index < -0.39 is 0 Å². The minimum Gasteiger partial charge on any atom is -0.390 e. The van der Waals surface area contributed by atoms with Crippen LogP contribution in [0, 0.1) is 0 Å². The summed E-state index contributed by atoms with van der Waals surface area (Å²) < 4.78 is 5.85. The summed E-state index contributed by atoms with van der Waals surface area (Å²) in [7, 11) is 0. The number of fused-ring (bicyclic) bond motifs is 1. The van der Waals surface area contributed by atoms with E-state index in [0.29, 0.717) is 6.04 Å². The van der Waals surface area contributed by atoms with Gasteiger partial charge in [-0.15, -0.1) is 0 Å². The Morgan fingerprint density at radius 1 is 0.833 bits per heavy atom. The lowest BCUT2D eigenvalue weighted by molar-refractivity contribution is 0.105. The number of epoxide rings is 1. The first-order valence-electron chi connectivity index (χ1n) is 8.97. The third kappa shape index (κ3) is 3.54. The molecule has 1 N–H and O–H groups in total. The summed E-state index contributed by atoms with van der Waals surface area (Å²) in [4.78, 5) is 2.54. The molecule has 2 aliphatic rings. The molecule has 0 bridgehead atoms. The van der Waals surface area contributed by atoms with Crippen molar-refractivity contribution >= 4 is 0 Å². The van der Waals surface area contributed by atoms with Crippen molar-refractivity contribution < 1.29 is 9.84 Å². The molecule has 126 valence electrons. The van der Waals surface area contributed by atoms with Crippen LogP contribution in [-0.4, -0.2) is 34.4 Å². The SMILES string of the molecule is O[C@@H]1CCC[C@@H](N(Cc2ccccc2)Cc2ccccc2)[C@@H]2O[C@@H]21. The van der Waals surface area contributed by atoms with E-state index in [9.17, 15) is 5.11 Å². The van der Waals surface area contributed by atoms with E-state index in [-0.39, 0.29) is 18.3 Å². The molecule has 3 heteroatoms. The van der Waals surface area contributed by atoms with Crippen LogP contribution < -0.4 is 0 Å². The zero-order valence-corrected chi connectivity index (χ0v) is 13.9. The van der Waals surface area contributed by atoms with Gasteiger partial charge in [0.15, 0.2) is 0 Å². The van der Waals surface area contributed by atoms with Gasteiger partial charge in [-0.1, -0.05) is 60.7 Å². The molecule has 0 aromatic heterocycles. The van der Waals surface area contributed by atoms with Crippen LogP contribution in [0.1, 0.15) is 30.4 Å². The van der Waals surface area contributed by atoms with Crippen molar-refractivity contribution in [2.45, 2.75) is 56.7 Å². The van der Waals surface area contributed by atoms with Gasteiger partial charge < -0.3 is 9.84 Å². The molecule has 2 fully saturated rings. The summed E-state index contributed by atoms with van der Waals surface area (Å²) in [5.74, 6) is 0. The summed E-state index contributed by atoms with van der Waals surface area (Å²) >= 11 is 0. The van der Waals surface area contributed by atoms with E-state index in [4.69, 9.17) is 4.74 Å². The van der Waals surface area contributed by atoms with E-state index in [0.717, 1.165) is 32.4 Å². The molecule has 1 aliphatic carbocycles. The standard InChI is InChI=1S/C21H25NO2/c23-19-13-7-12-18(20-21(19)24-20)22(14-16-8-3-1-4-9-16)15-17-10-5-2-6-11-17/h1-6,8-11,18-21,23H,7,12-15H2/t18-,19-,20+,21-/m1/s1. The van der Waals surface area contributed by atoms with E-state index in [2.05, 4.69) is 65.6 Å². The molecule has 0 radical (unpaired) electrons. The monoisotopic (exact) mass is 323 g/mol. The predicted octanol–water partition coefficient (Wildman–Crippen LogP) is 3.37. The third-order valence-corrected chi connectivity index (χ3v) is 5.25. The molecular formula is C21H25NO2. The quantitative estimate of drug-likeness (QED) is 0.857. The molecule has 3 nitrogen and oxygen atoms in total.